The van der Waals surface area contributed by atoms with E-state index >= 15 is 0 Å². The van der Waals surface area contributed by atoms with Crippen molar-refractivity contribution < 1.29 is 9.90 Å². The number of aliphatic carboxylic acids is 1. The Morgan fingerprint density at radius 2 is 1.94 bits per heavy atom. The largest absolute Gasteiger partial charge is 0.481 e. The maximum atomic E-state index is 12.0. The van der Waals surface area contributed by atoms with Crippen LogP contribution in [0, 0.1) is 12.8 Å². The molecule has 1 atom stereocenters. The van der Waals surface area contributed by atoms with E-state index in [4.69, 9.17) is 4.98 Å². The maximum Gasteiger partial charge on any atom is 0.308 e. The van der Waals surface area contributed by atoms with Crippen molar-refractivity contribution in [1.82, 2.24) is 9.97 Å². The lowest BCUT2D eigenvalue weighted by atomic mass is 9.97. The molecule has 4 aromatic rings. The minimum atomic E-state index is -0.806. The molecular weight excluding hydrogens is 406 g/mol. The number of anilines is 1. The summed E-state index contributed by atoms with van der Waals surface area (Å²) in [5.41, 5.74) is 5.35. The topological polar surface area (TPSA) is 78.0 Å². The van der Waals surface area contributed by atoms with Crippen LogP contribution < -0.4 is 5.32 Å². The Morgan fingerprint density at radius 1 is 1.16 bits per heavy atom. The smallest absolute Gasteiger partial charge is 0.308 e. The number of carboxylic acid groups (broad SMARTS) is 1. The lowest BCUT2D eigenvalue weighted by Crippen LogP contribution is -2.25. The van der Waals surface area contributed by atoms with Crippen LogP contribution in [0.3, 0.4) is 0 Å². The lowest BCUT2D eigenvalue weighted by molar-refractivity contribution is -0.141. The third-order valence-electron chi connectivity index (χ3n) is 5.50. The van der Waals surface area contributed by atoms with Crippen LogP contribution >= 0.6 is 11.3 Å². The van der Waals surface area contributed by atoms with Crippen molar-refractivity contribution in [2.45, 2.75) is 33.1 Å². The normalized spacial score (nSPS) is 12.4. The Balaban J connectivity index is 1.54. The SMILES string of the molecule is Cc1ccc(-c2nc(NCC(Cc3cccc4[nH]ccc34)C(=O)O)sc2C(C)C)cc1. The molecule has 160 valence electrons. The van der Waals surface area contributed by atoms with Gasteiger partial charge in [0.2, 0.25) is 0 Å². The van der Waals surface area contributed by atoms with E-state index in [0.29, 0.717) is 18.9 Å². The summed E-state index contributed by atoms with van der Waals surface area (Å²) in [6, 6.07) is 16.3. The molecule has 0 saturated carbocycles. The number of benzene rings is 2. The van der Waals surface area contributed by atoms with Crippen molar-refractivity contribution >= 4 is 33.3 Å². The molecule has 2 aromatic carbocycles. The van der Waals surface area contributed by atoms with Gasteiger partial charge in [-0.1, -0.05) is 55.8 Å². The van der Waals surface area contributed by atoms with Gasteiger partial charge in [-0.2, -0.15) is 0 Å². The summed E-state index contributed by atoms with van der Waals surface area (Å²) in [6.07, 6.45) is 2.35. The molecule has 1 unspecified atom stereocenters. The van der Waals surface area contributed by atoms with E-state index in [1.165, 1.54) is 10.4 Å². The Bertz CT molecular complexity index is 1190. The number of carboxylic acids is 1. The molecule has 2 heterocycles. The molecule has 0 bridgehead atoms. The molecule has 0 saturated heterocycles. The molecule has 2 aromatic heterocycles. The molecule has 0 aliphatic heterocycles. The number of aromatic nitrogens is 2. The Labute approximate surface area is 186 Å². The number of aryl methyl sites for hydroxylation is 1. The van der Waals surface area contributed by atoms with Gasteiger partial charge in [-0.05, 0) is 37.0 Å². The van der Waals surface area contributed by atoms with Gasteiger partial charge in [-0.3, -0.25) is 4.79 Å². The molecule has 0 spiro atoms. The number of hydrogen-bond acceptors (Lipinski definition) is 4. The van der Waals surface area contributed by atoms with Crippen LogP contribution in [0.15, 0.2) is 54.7 Å². The second-order valence-electron chi connectivity index (χ2n) is 8.23. The molecule has 3 N–H and O–H groups in total. The van der Waals surface area contributed by atoms with Crippen LogP contribution in [0.25, 0.3) is 22.2 Å². The van der Waals surface area contributed by atoms with Gasteiger partial charge in [0, 0.05) is 34.1 Å². The van der Waals surface area contributed by atoms with Gasteiger partial charge in [0.25, 0.3) is 0 Å². The molecule has 0 radical (unpaired) electrons. The van der Waals surface area contributed by atoms with Gasteiger partial charge >= 0.3 is 5.97 Å². The van der Waals surface area contributed by atoms with E-state index < -0.39 is 11.9 Å². The highest BCUT2D eigenvalue weighted by molar-refractivity contribution is 7.16. The number of aromatic amines is 1. The summed E-state index contributed by atoms with van der Waals surface area (Å²) in [7, 11) is 0. The fourth-order valence-electron chi connectivity index (χ4n) is 3.77. The summed E-state index contributed by atoms with van der Waals surface area (Å²) in [5, 5.41) is 15.0. The van der Waals surface area contributed by atoms with Crippen molar-refractivity contribution in [3.63, 3.8) is 0 Å². The molecule has 4 rings (SSSR count). The monoisotopic (exact) mass is 433 g/mol. The van der Waals surface area contributed by atoms with E-state index in [1.54, 1.807) is 11.3 Å². The van der Waals surface area contributed by atoms with Gasteiger partial charge in [0.1, 0.15) is 0 Å². The number of nitrogens with one attached hydrogen (secondary N) is 2. The number of H-pyrrole nitrogens is 1. The molecular formula is C25H27N3O2S. The molecule has 6 heteroatoms. The fourth-order valence-corrected chi connectivity index (χ4v) is 4.76. The number of carbonyl (C=O) groups is 1. The average molecular weight is 434 g/mol. The molecule has 0 amide bonds. The van der Waals surface area contributed by atoms with Gasteiger partial charge in [-0.15, -0.1) is 11.3 Å². The zero-order valence-electron chi connectivity index (χ0n) is 18.0. The number of hydrogen-bond donors (Lipinski definition) is 3. The zero-order chi connectivity index (χ0) is 22.0. The Hall–Kier alpha value is -3.12. The van der Waals surface area contributed by atoms with Crippen molar-refractivity contribution in [2.75, 3.05) is 11.9 Å². The van der Waals surface area contributed by atoms with Gasteiger partial charge in [0.05, 0.1) is 11.6 Å². The van der Waals surface area contributed by atoms with Gasteiger partial charge in [0.15, 0.2) is 5.13 Å². The van der Waals surface area contributed by atoms with Crippen molar-refractivity contribution in [3.05, 3.63) is 70.7 Å². The highest BCUT2D eigenvalue weighted by Gasteiger charge is 2.21. The van der Waals surface area contributed by atoms with Crippen LogP contribution in [0.2, 0.25) is 0 Å². The van der Waals surface area contributed by atoms with E-state index in [2.05, 4.69) is 55.3 Å². The van der Waals surface area contributed by atoms with Crippen LogP contribution in [-0.4, -0.2) is 27.6 Å². The summed E-state index contributed by atoms with van der Waals surface area (Å²) < 4.78 is 0. The van der Waals surface area contributed by atoms with E-state index in [-0.39, 0.29) is 0 Å². The average Bonchev–Trinajstić information content (AvgIpc) is 3.39. The number of thiazole rings is 1. The van der Waals surface area contributed by atoms with Crippen LogP contribution in [0.5, 0.6) is 0 Å². The summed E-state index contributed by atoms with van der Waals surface area (Å²) in [5.74, 6) is -1.01. The van der Waals surface area contributed by atoms with Crippen molar-refractivity contribution in [2.24, 2.45) is 5.92 Å². The minimum Gasteiger partial charge on any atom is -0.481 e. The lowest BCUT2D eigenvalue weighted by Gasteiger charge is -2.14. The standard InChI is InChI=1S/C25H27N3O2S/c1-15(2)23-22(17-9-7-16(3)8-10-17)28-25(31-23)27-14-19(24(29)30)13-18-5-4-6-21-20(18)11-12-26-21/h4-12,15,19,26H,13-14H2,1-3H3,(H,27,28)(H,29,30). The van der Waals surface area contributed by atoms with Gasteiger partial charge < -0.3 is 15.4 Å². The molecule has 0 aliphatic carbocycles. The summed E-state index contributed by atoms with van der Waals surface area (Å²) in [4.78, 5) is 21.2. The van der Waals surface area contributed by atoms with E-state index in [1.807, 2.05) is 30.5 Å². The third-order valence-corrected chi connectivity index (χ3v) is 6.82. The third kappa shape index (κ3) is 4.64. The first-order chi connectivity index (χ1) is 14.9. The van der Waals surface area contributed by atoms with Gasteiger partial charge in [-0.25, -0.2) is 4.98 Å². The van der Waals surface area contributed by atoms with E-state index in [0.717, 1.165) is 32.9 Å². The molecule has 0 fully saturated rings. The van der Waals surface area contributed by atoms with Crippen LogP contribution in [-0.2, 0) is 11.2 Å². The first-order valence-corrected chi connectivity index (χ1v) is 11.3. The zero-order valence-corrected chi connectivity index (χ0v) is 18.8. The van der Waals surface area contributed by atoms with Crippen molar-refractivity contribution in [1.29, 1.82) is 0 Å². The van der Waals surface area contributed by atoms with E-state index in [9.17, 15) is 9.90 Å². The van der Waals surface area contributed by atoms with Crippen molar-refractivity contribution in [3.8, 4) is 11.3 Å². The van der Waals surface area contributed by atoms with Crippen LogP contribution in [0.4, 0.5) is 5.13 Å². The molecule has 5 nitrogen and oxygen atoms in total. The fraction of sp³-hybridized carbons (Fsp3) is 0.280. The first kappa shape index (κ1) is 21.1. The minimum absolute atomic E-state index is 0.328. The predicted molar refractivity (Wildman–Crippen MR) is 128 cm³/mol. The summed E-state index contributed by atoms with van der Waals surface area (Å²) >= 11 is 1.61. The molecule has 31 heavy (non-hydrogen) atoms. The van der Waals surface area contributed by atoms with Crippen LogP contribution in [0.1, 0.15) is 35.8 Å². The Kier molecular flexibility index (Phi) is 6.09. The molecule has 0 aliphatic rings. The second-order valence-corrected chi connectivity index (χ2v) is 9.26. The Morgan fingerprint density at radius 3 is 2.65 bits per heavy atom. The highest BCUT2D eigenvalue weighted by atomic mass is 32.1. The maximum absolute atomic E-state index is 12.0. The number of nitrogens with zero attached hydrogens (tertiary/aromatic N) is 1. The second kappa shape index (κ2) is 8.94. The predicted octanol–water partition coefficient (Wildman–Crippen LogP) is 6.08. The highest BCUT2D eigenvalue weighted by Crippen LogP contribution is 2.36. The first-order valence-electron chi connectivity index (χ1n) is 10.5. The number of rotatable bonds is 8. The number of fused-ring (bicyclic) bond motifs is 1. The quantitative estimate of drug-likeness (QED) is 0.315. The summed E-state index contributed by atoms with van der Waals surface area (Å²) in [6.45, 7) is 6.72.